The second-order valence-electron chi connectivity index (χ2n) is 4.12. The normalized spacial score (nSPS) is 10.1. The molecule has 104 valence electrons. The third-order valence-corrected chi connectivity index (χ3v) is 2.59. The molecule has 1 aromatic carbocycles. The lowest BCUT2D eigenvalue weighted by Gasteiger charge is -2.06. The number of nitrogens with zero attached hydrogens (tertiary/aromatic N) is 1. The van der Waals surface area contributed by atoms with Crippen LogP contribution in [-0.4, -0.2) is 22.5 Å². The number of aryl methyl sites for hydroxylation is 1. The topological polar surface area (TPSA) is 84.1 Å². The van der Waals surface area contributed by atoms with Gasteiger partial charge < -0.3 is 15.0 Å². The monoisotopic (exact) mass is 273 g/mol. The predicted molar refractivity (Wildman–Crippen MR) is 75.2 cm³/mol. The quantitative estimate of drug-likeness (QED) is 0.888. The Balaban J connectivity index is 2.13. The molecule has 0 aliphatic rings. The average Bonchev–Trinajstić information content (AvgIpc) is 2.41. The summed E-state index contributed by atoms with van der Waals surface area (Å²) < 4.78 is 5.31. The Morgan fingerprint density at radius 3 is 2.65 bits per heavy atom. The molecule has 0 atom stereocenters. The molecule has 2 rings (SSSR count). The fourth-order valence-corrected chi connectivity index (χ4v) is 1.65. The summed E-state index contributed by atoms with van der Waals surface area (Å²) in [5.41, 5.74) is 0.101. The number of hydrogen-bond acceptors (Lipinski definition) is 4. The van der Waals surface area contributed by atoms with E-state index in [1.807, 2.05) is 6.92 Å². The van der Waals surface area contributed by atoms with Crippen LogP contribution < -0.4 is 15.6 Å². The first-order chi connectivity index (χ1) is 9.60. The Kier molecular flexibility index (Phi) is 4.14. The summed E-state index contributed by atoms with van der Waals surface area (Å²) in [7, 11) is 0. The Bertz CT molecular complexity index is 662. The molecule has 20 heavy (non-hydrogen) atoms. The number of hydrogen-bond donors (Lipinski definition) is 2. The fourth-order valence-electron chi connectivity index (χ4n) is 1.65. The van der Waals surface area contributed by atoms with Gasteiger partial charge in [-0.05, 0) is 38.1 Å². The molecule has 0 spiro atoms. The smallest absolute Gasteiger partial charge is 0.263 e. The summed E-state index contributed by atoms with van der Waals surface area (Å²) in [6.07, 6.45) is 1.26. The molecular formula is C14H15N3O3. The number of ether oxygens (including phenoxy) is 1. The molecule has 0 saturated carbocycles. The molecule has 0 bridgehead atoms. The molecule has 0 aliphatic carbocycles. The largest absolute Gasteiger partial charge is 0.494 e. The van der Waals surface area contributed by atoms with Gasteiger partial charge in [0.1, 0.15) is 17.1 Å². The summed E-state index contributed by atoms with van der Waals surface area (Å²) in [4.78, 5) is 30.0. The van der Waals surface area contributed by atoms with Crippen molar-refractivity contribution in [3.05, 3.63) is 52.2 Å². The van der Waals surface area contributed by atoms with E-state index in [4.69, 9.17) is 4.74 Å². The van der Waals surface area contributed by atoms with Crippen LogP contribution in [0.25, 0.3) is 0 Å². The predicted octanol–water partition coefficient (Wildman–Crippen LogP) is 1.73. The molecule has 0 aliphatic heterocycles. The highest BCUT2D eigenvalue weighted by Gasteiger charge is 2.11. The number of aromatic amines is 1. The molecule has 0 radical (unpaired) electrons. The van der Waals surface area contributed by atoms with Crippen LogP contribution in [0.4, 0.5) is 5.69 Å². The van der Waals surface area contributed by atoms with E-state index < -0.39 is 11.5 Å². The number of H-pyrrole nitrogens is 1. The Hall–Kier alpha value is -2.63. The van der Waals surface area contributed by atoms with Crippen molar-refractivity contribution in [1.29, 1.82) is 0 Å². The molecule has 2 N–H and O–H groups in total. The molecule has 0 unspecified atom stereocenters. The fraction of sp³-hybridized carbons (Fsp3) is 0.214. The van der Waals surface area contributed by atoms with Crippen LogP contribution >= 0.6 is 0 Å². The van der Waals surface area contributed by atoms with Crippen molar-refractivity contribution in [2.45, 2.75) is 13.8 Å². The van der Waals surface area contributed by atoms with Gasteiger partial charge >= 0.3 is 0 Å². The van der Waals surface area contributed by atoms with Crippen LogP contribution in [-0.2, 0) is 0 Å². The second kappa shape index (κ2) is 6.01. The zero-order valence-corrected chi connectivity index (χ0v) is 11.3. The number of rotatable bonds is 4. The minimum absolute atomic E-state index is 0.0236. The first kappa shape index (κ1) is 13.8. The SMILES string of the molecule is CCOc1ccc(NC(=O)c2cnc(C)[nH]c2=O)cc1. The summed E-state index contributed by atoms with van der Waals surface area (Å²) in [6.45, 7) is 4.12. The molecule has 1 heterocycles. The van der Waals surface area contributed by atoms with Gasteiger partial charge in [-0.3, -0.25) is 9.59 Å². The maximum absolute atomic E-state index is 12.0. The second-order valence-corrected chi connectivity index (χ2v) is 4.12. The van der Waals surface area contributed by atoms with Crippen LogP contribution in [0.5, 0.6) is 5.75 Å². The number of carbonyl (C=O) groups is 1. The number of aromatic nitrogens is 2. The van der Waals surface area contributed by atoms with Crippen LogP contribution in [0, 0.1) is 6.92 Å². The zero-order chi connectivity index (χ0) is 14.5. The Morgan fingerprint density at radius 2 is 2.05 bits per heavy atom. The summed E-state index contributed by atoms with van der Waals surface area (Å²) >= 11 is 0. The van der Waals surface area contributed by atoms with E-state index in [1.165, 1.54) is 6.20 Å². The molecule has 1 amide bonds. The van der Waals surface area contributed by atoms with E-state index >= 15 is 0 Å². The van der Waals surface area contributed by atoms with Gasteiger partial charge in [0.05, 0.1) is 6.61 Å². The van der Waals surface area contributed by atoms with E-state index in [2.05, 4.69) is 15.3 Å². The van der Waals surface area contributed by atoms with Gasteiger partial charge in [-0.1, -0.05) is 0 Å². The van der Waals surface area contributed by atoms with Crippen LogP contribution in [0.2, 0.25) is 0 Å². The summed E-state index contributed by atoms with van der Waals surface area (Å²) in [6, 6.07) is 6.91. The first-order valence-corrected chi connectivity index (χ1v) is 6.20. The lowest BCUT2D eigenvalue weighted by Crippen LogP contribution is -2.24. The molecule has 1 aromatic heterocycles. The van der Waals surface area contributed by atoms with Gasteiger partial charge in [0, 0.05) is 11.9 Å². The third-order valence-electron chi connectivity index (χ3n) is 2.59. The van der Waals surface area contributed by atoms with E-state index in [9.17, 15) is 9.59 Å². The van der Waals surface area contributed by atoms with Crippen molar-refractivity contribution in [1.82, 2.24) is 9.97 Å². The van der Waals surface area contributed by atoms with Gasteiger partial charge in [0.15, 0.2) is 0 Å². The molecule has 0 fully saturated rings. The minimum atomic E-state index is -0.497. The van der Waals surface area contributed by atoms with Crippen LogP contribution in [0.15, 0.2) is 35.3 Å². The number of nitrogens with one attached hydrogen (secondary N) is 2. The lowest BCUT2D eigenvalue weighted by molar-refractivity contribution is 0.102. The lowest BCUT2D eigenvalue weighted by atomic mass is 10.2. The number of benzene rings is 1. The highest BCUT2D eigenvalue weighted by Crippen LogP contribution is 2.15. The van der Waals surface area contributed by atoms with Crippen LogP contribution in [0.1, 0.15) is 23.1 Å². The molecular weight excluding hydrogens is 258 g/mol. The highest BCUT2D eigenvalue weighted by molar-refractivity contribution is 6.03. The van der Waals surface area contributed by atoms with E-state index in [0.717, 1.165) is 5.75 Å². The summed E-state index contributed by atoms with van der Waals surface area (Å²) in [5, 5.41) is 2.63. The number of carbonyl (C=O) groups excluding carboxylic acids is 1. The minimum Gasteiger partial charge on any atom is -0.494 e. The van der Waals surface area contributed by atoms with Gasteiger partial charge in [0.25, 0.3) is 11.5 Å². The first-order valence-electron chi connectivity index (χ1n) is 6.20. The Morgan fingerprint density at radius 1 is 1.35 bits per heavy atom. The molecule has 6 heteroatoms. The van der Waals surface area contributed by atoms with Crippen molar-refractivity contribution < 1.29 is 9.53 Å². The third kappa shape index (κ3) is 3.23. The zero-order valence-electron chi connectivity index (χ0n) is 11.3. The molecule has 2 aromatic rings. The van der Waals surface area contributed by atoms with Crippen molar-refractivity contribution in [2.24, 2.45) is 0 Å². The van der Waals surface area contributed by atoms with Crippen molar-refractivity contribution in [2.75, 3.05) is 11.9 Å². The maximum atomic E-state index is 12.0. The highest BCUT2D eigenvalue weighted by atomic mass is 16.5. The maximum Gasteiger partial charge on any atom is 0.263 e. The average molecular weight is 273 g/mol. The number of amides is 1. The Labute approximate surface area is 115 Å². The van der Waals surface area contributed by atoms with E-state index in [1.54, 1.807) is 31.2 Å². The van der Waals surface area contributed by atoms with Crippen molar-refractivity contribution in [3.8, 4) is 5.75 Å². The van der Waals surface area contributed by atoms with E-state index in [-0.39, 0.29) is 5.56 Å². The van der Waals surface area contributed by atoms with Gasteiger partial charge in [-0.25, -0.2) is 4.98 Å². The summed E-state index contributed by atoms with van der Waals surface area (Å²) in [5.74, 6) is 0.691. The van der Waals surface area contributed by atoms with Gasteiger partial charge in [0.2, 0.25) is 0 Å². The standard InChI is InChI=1S/C14H15N3O3/c1-3-20-11-6-4-10(5-7-11)17-14(19)12-8-15-9(2)16-13(12)18/h4-8H,3H2,1-2H3,(H,17,19)(H,15,16,18). The van der Waals surface area contributed by atoms with Crippen molar-refractivity contribution in [3.63, 3.8) is 0 Å². The number of anilines is 1. The van der Waals surface area contributed by atoms with E-state index in [0.29, 0.717) is 18.1 Å². The van der Waals surface area contributed by atoms with Gasteiger partial charge in [-0.2, -0.15) is 0 Å². The van der Waals surface area contributed by atoms with Gasteiger partial charge in [-0.15, -0.1) is 0 Å². The molecule has 0 saturated heterocycles. The molecule has 6 nitrogen and oxygen atoms in total. The van der Waals surface area contributed by atoms with Crippen molar-refractivity contribution >= 4 is 11.6 Å². The van der Waals surface area contributed by atoms with Crippen LogP contribution in [0.3, 0.4) is 0 Å².